The molecule has 1 amide bonds. The molecule has 1 saturated heterocycles. The Morgan fingerprint density at radius 1 is 1.06 bits per heavy atom. The fourth-order valence-corrected chi connectivity index (χ4v) is 4.10. The Morgan fingerprint density at radius 3 is 2.52 bits per heavy atom. The van der Waals surface area contributed by atoms with Crippen LogP contribution in [0.4, 0.5) is 5.95 Å². The molecule has 160 valence electrons. The molecule has 7 heteroatoms. The summed E-state index contributed by atoms with van der Waals surface area (Å²) < 4.78 is 2.10. The highest BCUT2D eigenvalue weighted by atomic mass is 16.1. The third kappa shape index (κ3) is 4.76. The van der Waals surface area contributed by atoms with Crippen molar-refractivity contribution in [3.05, 3.63) is 60.4 Å². The lowest BCUT2D eigenvalue weighted by Crippen LogP contribution is -2.28. The van der Waals surface area contributed by atoms with Gasteiger partial charge in [0.1, 0.15) is 5.69 Å². The van der Waals surface area contributed by atoms with Crippen LogP contribution in [-0.2, 0) is 13.0 Å². The number of anilines is 1. The van der Waals surface area contributed by atoms with Gasteiger partial charge in [-0.2, -0.15) is 0 Å². The van der Waals surface area contributed by atoms with Crippen LogP contribution in [0.2, 0.25) is 0 Å². The molecule has 4 heterocycles. The standard InChI is InChI=1S/C24H28N6O/c31-23(26-10-7-18-5-8-25-9-6-18)22-13-20(17-30(22)16-19-3-4-19)21-14-27-24(28-15-21)29-11-1-2-12-29/h5-6,8-9,13-15,17,19H,1-4,7,10-12,16H2,(H,26,31). The molecule has 1 saturated carbocycles. The second-order valence-electron chi connectivity index (χ2n) is 8.54. The van der Waals surface area contributed by atoms with Gasteiger partial charge in [0, 0.05) is 68.3 Å². The maximum Gasteiger partial charge on any atom is 0.267 e. The normalized spacial score (nSPS) is 15.9. The molecule has 0 bridgehead atoms. The Balaban J connectivity index is 1.30. The Morgan fingerprint density at radius 2 is 1.81 bits per heavy atom. The summed E-state index contributed by atoms with van der Waals surface area (Å²) in [6, 6.07) is 5.93. The quantitative estimate of drug-likeness (QED) is 0.610. The zero-order chi connectivity index (χ0) is 21.0. The Hall–Kier alpha value is -3.22. The van der Waals surface area contributed by atoms with Crippen LogP contribution >= 0.6 is 0 Å². The van der Waals surface area contributed by atoms with Crippen LogP contribution in [0.1, 0.15) is 41.7 Å². The Labute approximate surface area is 182 Å². The van der Waals surface area contributed by atoms with E-state index in [-0.39, 0.29) is 5.91 Å². The van der Waals surface area contributed by atoms with Gasteiger partial charge in [-0.05, 0) is 61.8 Å². The Kier molecular flexibility index (Phi) is 5.65. The fraction of sp³-hybridized carbons (Fsp3) is 0.417. The first-order valence-corrected chi connectivity index (χ1v) is 11.2. The number of rotatable bonds is 8. The second kappa shape index (κ2) is 8.88. The summed E-state index contributed by atoms with van der Waals surface area (Å²) in [7, 11) is 0. The van der Waals surface area contributed by atoms with E-state index in [0.717, 1.165) is 43.1 Å². The molecule has 1 aliphatic carbocycles. The maximum absolute atomic E-state index is 12.9. The van der Waals surface area contributed by atoms with Crippen LogP contribution in [0.15, 0.2) is 49.2 Å². The van der Waals surface area contributed by atoms with E-state index >= 15 is 0 Å². The van der Waals surface area contributed by atoms with Gasteiger partial charge in [0.2, 0.25) is 5.95 Å². The summed E-state index contributed by atoms with van der Waals surface area (Å²) in [6.45, 7) is 3.54. The van der Waals surface area contributed by atoms with Crippen LogP contribution in [0.5, 0.6) is 0 Å². The van der Waals surface area contributed by atoms with Gasteiger partial charge in [-0.1, -0.05) is 0 Å². The number of aromatic nitrogens is 4. The van der Waals surface area contributed by atoms with Gasteiger partial charge in [0.05, 0.1) is 0 Å². The lowest BCUT2D eigenvalue weighted by molar-refractivity contribution is 0.0944. The van der Waals surface area contributed by atoms with E-state index < -0.39 is 0 Å². The van der Waals surface area contributed by atoms with Crippen LogP contribution in [0.25, 0.3) is 11.1 Å². The molecule has 3 aromatic rings. The number of hydrogen-bond donors (Lipinski definition) is 1. The van der Waals surface area contributed by atoms with E-state index in [2.05, 4.69) is 35.9 Å². The summed E-state index contributed by atoms with van der Waals surface area (Å²) in [5.41, 5.74) is 3.82. The molecule has 1 N–H and O–H groups in total. The highest BCUT2D eigenvalue weighted by molar-refractivity contribution is 5.94. The molecule has 0 radical (unpaired) electrons. The van der Waals surface area contributed by atoms with E-state index in [1.165, 1.54) is 31.2 Å². The van der Waals surface area contributed by atoms with Crippen molar-refractivity contribution in [2.75, 3.05) is 24.5 Å². The zero-order valence-corrected chi connectivity index (χ0v) is 17.7. The minimum atomic E-state index is -0.0319. The van der Waals surface area contributed by atoms with Crippen LogP contribution in [0.3, 0.4) is 0 Å². The number of hydrogen-bond acceptors (Lipinski definition) is 5. The van der Waals surface area contributed by atoms with Crippen LogP contribution < -0.4 is 10.2 Å². The van der Waals surface area contributed by atoms with Crippen molar-refractivity contribution < 1.29 is 4.79 Å². The summed E-state index contributed by atoms with van der Waals surface area (Å²) in [5, 5.41) is 3.07. The highest BCUT2D eigenvalue weighted by Crippen LogP contribution is 2.32. The van der Waals surface area contributed by atoms with Gasteiger partial charge in [0.25, 0.3) is 5.91 Å². The van der Waals surface area contributed by atoms with Crippen molar-refractivity contribution in [1.82, 2.24) is 24.8 Å². The molecule has 0 atom stereocenters. The molecule has 5 rings (SSSR count). The number of pyridine rings is 1. The molecule has 2 aliphatic rings. The molecular formula is C24H28N6O. The van der Waals surface area contributed by atoms with E-state index in [1.54, 1.807) is 12.4 Å². The second-order valence-corrected chi connectivity index (χ2v) is 8.54. The molecule has 1 aliphatic heterocycles. The van der Waals surface area contributed by atoms with E-state index in [1.807, 2.05) is 30.6 Å². The predicted molar refractivity (Wildman–Crippen MR) is 120 cm³/mol. The molecular weight excluding hydrogens is 388 g/mol. The first-order chi connectivity index (χ1) is 15.3. The van der Waals surface area contributed by atoms with Gasteiger partial charge < -0.3 is 14.8 Å². The van der Waals surface area contributed by atoms with Crippen LogP contribution in [0, 0.1) is 5.92 Å². The predicted octanol–water partition coefficient (Wildman–Crippen LogP) is 3.32. The van der Waals surface area contributed by atoms with Crippen molar-refractivity contribution in [2.24, 2.45) is 5.92 Å². The number of amides is 1. The van der Waals surface area contributed by atoms with Crippen molar-refractivity contribution in [3.63, 3.8) is 0 Å². The minimum absolute atomic E-state index is 0.0319. The average Bonchev–Trinajstić information content (AvgIpc) is 3.27. The first-order valence-electron chi connectivity index (χ1n) is 11.2. The van der Waals surface area contributed by atoms with Crippen LogP contribution in [-0.4, -0.2) is 45.1 Å². The van der Waals surface area contributed by atoms with Crippen molar-refractivity contribution in [3.8, 4) is 11.1 Å². The maximum atomic E-state index is 12.9. The first kappa shape index (κ1) is 19.7. The van der Waals surface area contributed by atoms with Crippen molar-refractivity contribution in [1.29, 1.82) is 0 Å². The molecule has 0 unspecified atom stereocenters. The van der Waals surface area contributed by atoms with E-state index in [0.29, 0.717) is 18.2 Å². The molecule has 0 spiro atoms. The van der Waals surface area contributed by atoms with Gasteiger partial charge in [-0.25, -0.2) is 9.97 Å². The van der Waals surface area contributed by atoms with Gasteiger partial charge >= 0.3 is 0 Å². The lowest BCUT2D eigenvalue weighted by Gasteiger charge is -2.14. The summed E-state index contributed by atoms with van der Waals surface area (Å²) in [5.74, 6) is 1.45. The number of nitrogens with one attached hydrogen (secondary N) is 1. The molecule has 3 aromatic heterocycles. The third-order valence-corrected chi connectivity index (χ3v) is 6.09. The van der Waals surface area contributed by atoms with Crippen molar-refractivity contribution >= 4 is 11.9 Å². The van der Waals surface area contributed by atoms with Gasteiger partial charge in [-0.3, -0.25) is 9.78 Å². The molecule has 31 heavy (non-hydrogen) atoms. The van der Waals surface area contributed by atoms with E-state index in [9.17, 15) is 4.79 Å². The largest absolute Gasteiger partial charge is 0.350 e. The minimum Gasteiger partial charge on any atom is -0.350 e. The average molecular weight is 417 g/mol. The van der Waals surface area contributed by atoms with Crippen molar-refractivity contribution in [2.45, 2.75) is 38.6 Å². The highest BCUT2D eigenvalue weighted by Gasteiger charge is 2.25. The lowest BCUT2D eigenvalue weighted by atomic mass is 10.2. The van der Waals surface area contributed by atoms with Gasteiger partial charge in [-0.15, -0.1) is 0 Å². The zero-order valence-electron chi connectivity index (χ0n) is 17.7. The number of carbonyl (C=O) groups is 1. The third-order valence-electron chi connectivity index (χ3n) is 6.09. The number of nitrogens with zero attached hydrogens (tertiary/aromatic N) is 5. The summed E-state index contributed by atoms with van der Waals surface area (Å²) in [4.78, 5) is 28.4. The summed E-state index contributed by atoms with van der Waals surface area (Å²) >= 11 is 0. The van der Waals surface area contributed by atoms with Gasteiger partial charge in [0.15, 0.2) is 0 Å². The monoisotopic (exact) mass is 416 g/mol. The SMILES string of the molecule is O=C(NCCc1ccncc1)c1cc(-c2cnc(N3CCCC3)nc2)cn1CC1CC1. The smallest absolute Gasteiger partial charge is 0.267 e. The molecule has 2 fully saturated rings. The topological polar surface area (TPSA) is 75.9 Å². The fourth-order valence-electron chi connectivity index (χ4n) is 4.10. The summed E-state index contributed by atoms with van der Waals surface area (Å²) in [6.07, 6.45) is 15.1. The number of carbonyl (C=O) groups excluding carboxylic acids is 1. The Bertz CT molecular complexity index is 1020. The molecule has 7 nitrogen and oxygen atoms in total. The van der Waals surface area contributed by atoms with E-state index in [4.69, 9.17) is 0 Å². The molecule has 0 aromatic carbocycles.